The SMILES string of the molecule is C1=CC2C(N1)N(c1ccccc1)C1CC3([Si](C4=CCCCC4)(c4ccccc4)C45C=CC(N(c6ccccc6)c6ccccc6)(CC4)C5)C=CC21C3. The minimum absolute atomic E-state index is 0.0602. The molecular weight excluding hydrogens is 647 g/mol. The number of hydrogen-bond donors (Lipinski definition) is 1. The average Bonchev–Trinajstić information content (AvgIpc) is 4.06. The number of nitrogens with zero attached hydrogens (tertiary/aromatic N) is 2. The Morgan fingerprint density at radius 2 is 1.35 bits per heavy atom. The maximum absolute atomic E-state index is 3.84. The molecule has 7 aliphatic rings. The van der Waals surface area contributed by atoms with Crippen LogP contribution in [0.1, 0.15) is 57.8 Å². The highest BCUT2D eigenvalue weighted by Gasteiger charge is 2.78. The van der Waals surface area contributed by atoms with Crippen molar-refractivity contribution >= 4 is 30.3 Å². The molecule has 4 heteroatoms. The molecule has 2 aliphatic heterocycles. The Bertz CT molecular complexity index is 2070. The van der Waals surface area contributed by atoms with Crippen molar-refractivity contribution < 1.29 is 0 Å². The monoisotopic (exact) mass is 695 g/mol. The van der Waals surface area contributed by atoms with Crippen molar-refractivity contribution in [2.45, 2.75) is 85.6 Å². The second kappa shape index (κ2) is 11.2. The van der Waals surface area contributed by atoms with Gasteiger partial charge in [-0.1, -0.05) is 132 Å². The molecule has 5 aliphatic carbocycles. The predicted molar refractivity (Wildman–Crippen MR) is 218 cm³/mol. The van der Waals surface area contributed by atoms with Crippen LogP contribution in [0.5, 0.6) is 0 Å². The fourth-order valence-electron chi connectivity index (χ4n) is 13.5. The summed E-state index contributed by atoms with van der Waals surface area (Å²) in [5.41, 5.74) is 4.06. The Balaban J connectivity index is 1.12. The standard InChI is InChI=1S/C48H49N3Si/c1-6-16-37(17-7-1)50-43-34-47(31-32-48(43,36-47)42-26-33-49-44(42)50)52(40-22-12-4-13-23-40,41-24-14-5-15-25-41)46-29-27-45(35-46,28-30-46)51(38-18-8-2-9-19-38)39-20-10-3-11-21-39/h1-4,6-13,16-24,26-27,29,31-33,42-44,49H,5,14-15,25,28,30,34-36H2. The average molecular weight is 696 g/mol. The predicted octanol–water partition coefficient (Wildman–Crippen LogP) is 10.5. The summed E-state index contributed by atoms with van der Waals surface area (Å²) in [6.45, 7) is 0. The zero-order chi connectivity index (χ0) is 34.4. The lowest BCUT2D eigenvalue weighted by atomic mass is 9.75. The fraction of sp³-hybridized carbons (Fsp3) is 0.333. The molecule has 0 aromatic heterocycles. The van der Waals surface area contributed by atoms with Gasteiger partial charge in [-0.3, -0.25) is 0 Å². The van der Waals surface area contributed by atoms with E-state index < -0.39 is 8.07 Å². The second-order valence-corrected chi connectivity index (χ2v) is 21.8. The van der Waals surface area contributed by atoms with Gasteiger partial charge in [0.15, 0.2) is 0 Å². The van der Waals surface area contributed by atoms with E-state index in [2.05, 4.69) is 179 Å². The summed E-state index contributed by atoms with van der Waals surface area (Å²) < 4.78 is 0. The van der Waals surface area contributed by atoms with Crippen molar-refractivity contribution in [2.75, 3.05) is 9.80 Å². The van der Waals surface area contributed by atoms with Crippen LogP contribution in [0.2, 0.25) is 10.1 Å². The molecule has 0 amide bonds. The Labute approximate surface area is 310 Å². The maximum atomic E-state index is 3.84. The Morgan fingerprint density at radius 3 is 2.00 bits per heavy atom. The third-order valence-electron chi connectivity index (χ3n) is 15.0. The van der Waals surface area contributed by atoms with Gasteiger partial charge in [0, 0.05) is 34.4 Å². The van der Waals surface area contributed by atoms with Crippen molar-refractivity contribution in [3.8, 4) is 0 Å². The van der Waals surface area contributed by atoms with Gasteiger partial charge in [0.25, 0.3) is 0 Å². The molecule has 4 bridgehead atoms. The topological polar surface area (TPSA) is 18.5 Å². The van der Waals surface area contributed by atoms with E-state index in [0.717, 1.165) is 0 Å². The normalized spacial score (nSPS) is 35.7. The van der Waals surface area contributed by atoms with Gasteiger partial charge in [-0.25, -0.2) is 0 Å². The van der Waals surface area contributed by atoms with Crippen LogP contribution in [0.4, 0.5) is 17.1 Å². The van der Waals surface area contributed by atoms with E-state index in [4.69, 9.17) is 0 Å². The summed E-state index contributed by atoms with van der Waals surface area (Å²) in [5.74, 6) is 0.479. The van der Waals surface area contributed by atoms with Gasteiger partial charge >= 0.3 is 0 Å². The zero-order valence-corrected chi connectivity index (χ0v) is 31.1. The van der Waals surface area contributed by atoms with Crippen LogP contribution in [0.25, 0.3) is 0 Å². The number of allylic oxidation sites excluding steroid dienone is 4. The highest BCUT2D eigenvalue weighted by Crippen LogP contribution is 2.80. The summed E-state index contributed by atoms with van der Waals surface area (Å²) in [6.07, 6.45) is 30.4. The molecule has 1 N–H and O–H groups in total. The Morgan fingerprint density at radius 1 is 0.673 bits per heavy atom. The van der Waals surface area contributed by atoms with Crippen molar-refractivity contribution in [2.24, 2.45) is 11.3 Å². The second-order valence-electron chi connectivity index (χ2n) is 17.1. The lowest BCUT2D eigenvalue weighted by Gasteiger charge is -2.57. The molecule has 1 saturated heterocycles. The highest BCUT2D eigenvalue weighted by atomic mass is 28.3. The number of para-hydroxylation sites is 3. The van der Waals surface area contributed by atoms with E-state index in [-0.39, 0.29) is 21.0 Å². The molecule has 52 heavy (non-hydrogen) atoms. The van der Waals surface area contributed by atoms with E-state index in [1.54, 1.807) is 5.19 Å². The molecule has 2 saturated carbocycles. The van der Waals surface area contributed by atoms with Gasteiger partial charge < -0.3 is 15.1 Å². The van der Waals surface area contributed by atoms with Gasteiger partial charge in [0.1, 0.15) is 14.2 Å². The zero-order valence-electron chi connectivity index (χ0n) is 30.1. The van der Waals surface area contributed by atoms with Crippen LogP contribution in [-0.2, 0) is 0 Å². The van der Waals surface area contributed by atoms with Crippen LogP contribution >= 0.6 is 0 Å². The molecule has 3 nitrogen and oxygen atoms in total. The van der Waals surface area contributed by atoms with E-state index in [9.17, 15) is 0 Å². The molecule has 4 aromatic rings. The number of benzene rings is 4. The molecule has 8 atom stereocenters. The lowest BCUT2D eigenvalue weighted by Crippen LogP contribution is -2.66. The van der Waals surface area contributed by atoms with Crippen molar-refractivity contribution in [3.05, 3.63) is 169 Å². The molecule has 0 radical (unpaired) electrons. The lowest BCUT2D eigenvalue weighted by molar-refractivity contribution is 0.317. The van der Waals surface area contributed by atoms with Gasteiger partial charge in [0.05, 0.1) is 5.54 Å². The summed E-state index contributed by atoms with van der Waals surface area (Å²) in [5, 5.41) is 7.64. The number of rotatable bonds is 8. The number of anilines is 3. The summed E-state index contributed by atoms with van der Waals surface area (Å²) in [7, 11) is -2.57. The van der Waals surface area contributed by atoms with Crippen molar-refractivity contribution in [3.63, 3.8) is 0 Å². The van der Waals surface area contributed by atoms with Gasteiger partial charge in [-0.05, 0) is 110 Å². The number of hydrogen-bond acceptors (Lipinski definition) is 3. The molecule has 8 unspecified atom stereocenters. The minimum Gasteiger partial charge on any atom is -0.371 e. The first-order valence-corrected chi connectivity index (χ1v) is 22.0. The third-order valence-corrected chi connectivity index (χ3v) is 21.8. The molecule has 260 valence electrons. The largest absolute Gasteiger partial charge is 0.371 e. The van der Waals surface area contributed by atoms with Crippen LogP contribution in [0, 0.1) is 11.3 Å². The van der Waals surface area contributed by atoms with Crippen LogP contribution in [0.15, 0.2) is 169 Å². The first-order chi connectivity index (χ1) is 25.6. The maximum Gasteiger partial charge on any atom is 0.132 e. The molecule has 11 rings (SSSR count). The third kappa shape index (κ3) is 3.92. The molecule has 2 heterocycles. The van der Waals surface area contributed by atoms with Gasteiger partial charge in [-0.2, -0.15) is 0 Å². The Hall–Kier alpha value is -4.54. The molecule has 1 spiro atoms. The Kier molecular flexibility index (Phi) is 6.70. The summed E-state index contributed by atoms with van der Waals surface area (Å²) in [6, 6.07) is 46.5. The molecule has 3 fully saturated rings. The van der Waals surface area contributed by atoms with E-state index in [1.165, 1.54) is 74.8 Å². The van der Waals surface area contributed by atoms with Crippen LogP contribution in [0.3, 0.4) is 0 Å². The van der Waals surface area contributed by atoms with Crippen LogP contribution in [-0.4, -0.2) is 25.8 Å². The first kappa shape index (κ1) is 31.0. The smallest absolute Gasteiger partial charge is 0.132 e. The first-order valence-electron chi connectivity index (χ1n) is 20.0. The van der Waals surface area contributed by atoms with Crippen LogP contribution < -0.4 is 20.3 Å². The minimum atomic E-state index is -2.57. The van der Waals surface area contributed by atoms with E-state index >= 15 is 0 Å². The number of fused-ring (bicyclic) bond motifs is 4. The molecule has 4 aromatic carbocycles. The summed E-state index contributed by atoms with van der Waals surface area (Å²) >= 11 is 0. The van der Waals surface area contributed by atoms with Crippen molar-refractivity contribution in [1.82, 2.24) is 5.32 Å². The van der Waals surface area contributed by atoms with E-state index in [0.29, 0.717) is 18.1 Å². The summed E-state index contributed by atoms with van der Waals surface area (Å²) in [4.78, 5) is 5.55. The number of nitrogens with one attached hydrogen (secondary N) is 1. The van der Waals surface area contributed by atoms with Gasteiger partial charge in [0.2, 0.25) is 0 Å². The van der Waals surface area contributed by atoms with E-state index in [1.807, 2.05) is 5.20 Å². The molecular formula is C48H49N3Si. The van der Waals surface area contributed by atoms with Crippen molar-refractivity contribution in [1.29, 1.82) is 0 Å². The quantitative estimate of drug-likeness (QED) is 0.146. The van der Waals surface area contributed by atoms with Gasteiger partial charge in [-0.15, -0.1) is 0 Å². The fourth-order valence-corrected chi connectivity index (χ4v) is 21.8. The highest BCUT2D eigenvalue weighted by molar-refractivity contribution is 7.03.